The molecule has 120 valence electrons. The van der Waals surface area contributed by atoms with Crippen LogP contribution < -0.4 is 4.74 Å². The molecule has 2 heterocycles. The van der Waals surface area contributed by atoms with Gasteiger partial charge in [0.25, 0.3) is 0 Å². The third-order valence-corrected chi connectivity index (χ3v) is 5.04. The fourth-order valence-electron chi connectivity index (χ4n) is 3.51. The van der Waals surface area contributed by atoms with Gasteiger partial charge in [-0.3, -0.25) is 9.69 Å². The molecule has 2 fully saturated rings. The molecular formula is C17H23ClN2O2. The average Bonchev–Trinajstić information content (AvgIpc) is 2.96. The van der Waals surface area contributed by atoms with Gasteiger partial charge < -0.3 is 9.64 Å². The highest BCUT2D eigenvalue weighted by molar-refractivity contribution is 6.31. The lowest BCUT2D eigenvalue weighted by Crippen LogP contribution is -2.48. The molecule has 0 N–H and O–H groups in total. The molecule has 0 spiro atoms. The van der Waals surface area contributed by atoms with Crippen LogP contribution >= 0.6 is 11.6 Å². The Labute approximate surface area is 137 Å². The van der Waals surface area contributed by atoms with E-state index in [0.29, 0.717) is 11.9 Å². The molecule has 5 heteroatoms. The van der Waals surface area contributed by atoms with Gasteiger partial charge in [-0.15, -0.1) is 0 Å². The van der Waals surface area contributed by atoms with E-state index in [1.165, 1.54) is 0 Å². The molecule has 0 unspecified atom stereocenters. The molecule has 0 bridgehead atoms. The number of hydrogen-bond acceptors (Lipinski definition) is 3. The summed E-state index contributed by atoms with van der Waals surface area (Å²) < 4.78 is 5.19. The van der Waals surface area contributed by atoms with E-state index in [2.05, 4.69) is 9.80 Å². The Morgan fingerprint density at radius 1 is 1.32 bits per heavy atom. The van der Waals surface area contributed by atoms with Crippen LogP contribution in [-0.2, 0) is 11.3 Å². The van der Waals surface area contributed by atoms with Crippen LogP contribution in [0.1, 0.15) is 31.2 Å². The van der Waals surface area contributed by atoms with Crippen LogP contribution in [0.2, 0.25) is 5.02 Å². The van der Waals surface area contributed by atoms with Crippen LogP contribution in [0.5, 0.6) is 5.75 Å². The van der Waals surface area contributed by atoms with E-state index in [9.17, 15) is 4.79 Å². The van der Waals surface area contributed by atoms with E-state index >= 15 is 0 Å². The Morgan fingerprint density at radius 3 is 2.86 bits per heavy atom. The van der Waals surface area contributed by atoms with Gasteiger partial charge in [0.15, 0.2) is 0 Å². The number of ether oxygens (including phenoxy) is 1. The summed E-state index contributed by atoms with van der Waals surface area (Å²) >= 11 is 6.34. The Hall–Kier alpha value is -1.26. The third-order valence-electron chi connectivity index (χ3n) is 4.69. The van der Waals surface area contributed by atoms with E-state index in [0.717, 1.165) is 68.2 Å². The maximum absolute atomic E-state index is 11.9. The van der Waals surface area contributed by atoms with Crippen molar-refractivity contribution in [1.29, 1.82) is 0 Å². The van der Waals surface area contributed by atoms with Gasteiger partial charge in [0.05, 0.1) is 7.11 Å². The molecule has 0 aliphatic carbocycles. The fourth-order valence-corrected chi connectivity index (χ4v) is 3.74. The van der Waals surface area contributed by atoms with Crippen molar-refractivity contribution >= 4 is 17.5 Å². The minimum Gasteiger partial charge on any atom is -0.497 e. The van der Waals surface area contributed by atoms with E-state index in [4.69, 9.17) is 16.3 Å². The highest BCUT2D eigenvalue weighted by Crippen LogP contribution is 2.26. The minimum absolute atomic E-state index is 0.328. The summed E-state index contributed by atoms with van der Waals surface area (Å²) in [5.74, 6) is 1.11. The lowest BCUT2D eigenvalue weighted by molar-refractivity contribution is -0.130. The van der Waals surface area contributed by atoms with Crippen molar-refractivity contribution in [2.24, 2.45) is 0 Å². The summed E-state index contributed by atoms with van der Waals surface area (Å²) in [5, 5.41) is 0.749. The number of hydrogen-bond donors (Lipinski definition) is 0. The number of benzene rings is 1. The van der Waals surface area contributed by atoms with Crippen LogP contribution in [0, 0.1) is 0 Å². The predicted octanol–water partition coefficient (Wildman–Crippen LogP) is 2.94. The largest absolute Gasteiger partial charge is 0.497 e. The Balaban J connectivity index is 1.64. The number of amides is 1. The molecule has 2 aliphatic heterocycles. The number of piperidine rings is 1. The maximum atomic E-state index is 11.9. The van der Waals surface area contributed by atoms with E-state index in [-0.39, 0.29) is 0 Å². The zero-order valence-electron chi connectivity index (χ0n) is 13.1. The number of carbonyl (C=O) groups is 1. The van der Waals surface area contributed by atoms with E-state index in [1.807, 2.05) is 18.2 Å². The number of likely N-dealkylation sites (tertiary alicyclic amines) is 2. The molecule has 0 aromatic heterocycles. The monoisotopic (exact) mass is 322 g/mol. The van der Waals surface area contributed by atoms with Gasteiger partial charge in [0.2, 0.25) is 5.91 Å². The second-order valence-electron chi connectivity index (χ2n) is 6.18. The Bertz CT molecular complexity index is 549. The van der Waals surface area contributed by atoms with Gasteiger partial charge in [0, 0.05) is 37.1 Å². The molecule has 1 aromatic rings. The molecule has 1 amide bonds. The number of halogens is 1. The van der Waals surface area contributed by atoms with Crippen molar-refractivity contribution < 1.29 is 9.53 Å². The first-order valence-electron chi connectivity index (χ1n) is 8.01. The van der Waals surface area contributed by atoms with Crippen molar-refractivity contribution in [1.82, 2.24) is 9.80 Å². The normalized spacial score (nSPS) is 23.1. The molecule has 0 saturated carbocycles. The van der Waals surface area contributed by atoms with Gasteiger partial charge >= 0.3 is 0 Å². The number of rotatable bonds is 4. The molecule has 4 nitrogen and oxygen atoms in total. The number of nitrogens with zero attached hydrogens (tertiary/aromatic N) is 2. The fraction of sp³-hybridized carbons (Fsp3) is 0.588. The van der Waals surface area contributed by atoms with Crippen LogP contribution in [0.3, 0.4) is 0 Å². The van der Waals surface area contributed by atoms with Crippen molar-refractivity contribution in [3.8, 4) is 5.75 Å². The van der Waals surface area contributed by atoms with E-state index < -0.39 is 0 Å². The highest BCUT2D eigenvalue weighted by atomic mass is 35.5. The average molecular weight is 323 g/mol. The molecule has 2 aliphatic rings. The van der Waals surface area contributed by atoms with Gasteiger partial charge in [-0.1, -0.05) is 17.7 Å². The van der Waals surface area contributed by atoms with Crippen molar-refractivity contribution in [3.63, 3.8) is 0 Å². The number of methoxy groups -OCH3 is 1. The van der Waals surface area contributed by atoms with Gasteiger partial charge in [-0.05, 0) is 43.5 Å². The summed E-state index contributed by atoms with van der Waals surface area (Å²) in [5.41, 5.74) is 1.12. The smallest absolute Gasteiger partial charge is 0.222 e. The quantitative estimate of drug-likeness (QED) is 0.854. The highest BCUT2D eigenvalue weighted by Gasteiger charge is 2.31. The Kier molecular flexibility index (Phi) is 4.89. The topological polar surface area (TPSA) is 32.8 Å². The van der Waals surface area contributed by atoms with Crippen LogP contribution in [-0.4, -0.2) is 48.5 Å². The van der Waals surface area contributed by atoms with Crippen LogP contribution in [0.4, 0.5) is 0 Å². The lowest BCUT2D eigenvalue weighted by atomic mass is 10.0. The molecular weight excluding hydrogens is 300 g/mol. The SMILES string of the molecule is COc1ccc(CN2CCC[C@@H](N3CCCC3=O)C2)c(Cl)c1. The first-order chi connectivity index (χ1) is 10.7. The lowest BCUT2D eigenvalue weighted by Gasteiger charge is -2.37. The molecule has 3 rings (SSSR count). The first kappa shape index (κ1) is 15.6. The predicted molar refractivity (Wildman–Crippen MR) is 87.3 cm³/mol. The van der Waals surface area contributed by atoms with Crippen molar-refractivity contribution in [2.75, 3.05) is 26.7 Å². The summed E-state index contributed by atoms with van der Waals surface area (Å²) in [6, 6.07) is 6.22. The molecule has 1 atom stereocenters. The zero-order chi connectivity index (χ0) is 15.5. The second kappa shape index (κ2) is 6.88. The summed E-state index contributed by atoms with van der Waals surface area (Å²) in [7, 11) is 1.65. The summed E-state index contributed by atoms with van der Waals surface area (Å²) in [4.78, 5) is 16.4. The first-order valence-corrected chi connectivity index (χ1v) is 8.39. The number of carbonyl (C=O) groups excluding carboxylic acids is 1. The summed E-state index contributed by atoms with van der Waals surface area (Å²) in [6.07, 6.45) is 4.00. The molecule has 1 aromatic carbocycles. The standard InChI is InChI=1S/C17H23ClN2O2/c1-22-15-7-6-13(16(18)10-15)11-19-8-2-4-14(12-19)20-9-3-5-17(20)21/h6-7,10,14H,2-5,8-9,11-12H2,1H3/t14-/m1/s1. The molecule has 22 heavy (non-hydrogen) atoms. The van der Waals surface area contributed by atoms with Crippen molar-refractivity contribution in [3.05, 3.63) is 28.8 Å². The zero-order valence-corrected chi connectivity index (χ0v) is 13.8. The van der Waals surface area contributed by atoms with Crippen molar-refractivity contribution in [2.45, 2.75) is 38.3 Å². The van der Waals surface area contributed by atoms with E-state index in [1.54, 1.807) is 7.11 Å². The molecule has 0 radical (unpaired) electrons. The second-order valence-corrected chi connectivity index (χ2v) is 6.59. The maximum Gasteiger partial charge on any atom is 0.222 e. The van der Waals surface area contributed by atoms with Gasteiger partial charge in [0.1, 0.15) is 5.75 Å². The minimum atomic E-state index is 0.328. The molecule has 2 saturated heterocycles. The third kappa shape index (κ3) is 3.39. The van der Waals surface area contributed by atoms with Crippen LogP contribution in [0.15, 0.2) is 18.2 Å². The van der Waals surface area contributed by atoms with Gasteiger partial charge in [-0.2, -0.15) is 0 Å². The summed E-state index contributed by atoms with van der Waals surface area (Å²) in [6.45, 7) is 3.79. The Morgan fingerprint density at radius 2 is 2.18 bits per heavy atom. The van der Waals surface area contributed by atoms with Crippen LogP contribution in [0.25, 0.3) is 0 Å². The van der Waals surface area contributed by atoms with Gasteiger partial charge in [-0.25, -0.2) is 0 Å².